The number of fused-ring (bicyclic) bond motifs is 1. The highest BCUT2D eigenvalue weighted by Crippen LogP contribution is 2.32. The zero-order valence-corrected chi connectivity index (χ0v) is 17.3. The molecule has 1 aliphatic heterocycles. The van der Waals surface area contributed by atoms with Crippen LogP contribution in [0.25, 0.3) is 0 Å². The molecule has 1 heterocycles. The van der Waals surface area contributed by atoms with Gasteiger partial charge in [-0.15, -0.1) is 0 Å². The van der Waals surface area contributed by atoms with Crippen LogP contribution in [0, 0.1) is 0 Å². The monoisotopic (exact) mass is 412 g/mol. The topological polar surface area (TPSA) is 67.9 Å². The summed E-state index contributed by atoms with van der Waals surface area (Å²) >= 11 is 4.24. The average molecular weight is 413 g/mol. The molecule has 1 amide bonds. The van der Waals surface area contributed by atoms with Gasteiger partial charge in [0.05, 0.1) is 25.5 Å². The van der Waals surface area contributed by atoms with Gasteiger partial charge >= 0.3 is 5.97 Å². The van der Waals surface area contributed by atoms with Gasteiger partial charge in [-0.2, -0.15) is 12.6 Å². The van der Waals surface area contributed by atoms with Crippen LogP contribution in [0.1, 0.15) is 22.3 Å². The van der Waals surface area contributed by atoms with E-state index in [1.165, 1.54) is 14.2 Å². The fraction of sp³-hybridized carbons (Fsp3) is 0.273. The zero-order chi connectivity index (χ0) is 20.8. The Morgan fingerprint density at radius 2 is 1.86 bits per heavy atom. The molecule has 0 radical (unpaired) electrons. The molecule has 0 fully saturated rings. The number of benzene rings is 2. The van der Waals surface area contributed by atoms with Gasteiger partial charge in [0.1, 0.15) is 17.6 Å². The predicted molar refractivity (Wildman–Crippen MR) is 115 cm³/mol. The Hall–Kier alpha value is -2.93. The highest BCUT2D eigenvalue weighted by Gasteiger charge is 2.31. The number of carbonyl (C=O) groups is 2. The highest BCUT2D eigenvalue weighted by atomic mass is 32.1. The molecule has 0 bridgehead atoms. The Labute approximate surface area is 175 Å². The Morgan fingerprint density at radius 3 is 2.59 bits per heavy atom. The SMILES string of the molecule is COC(=O)[C@H](CCS)NC1=CCc2ccccc2N1C(=O)c1ccccc1OC. The van der Waals surface area contributed by atoms with Crippen molar-refractivity contribution in [2.75, 3.05) is 24.9 Å². The lowest BCUT2D eigenvalue weighted by atomic mass is 10.0. The molecule has 2 aromatic rings. The van der Waals surface area contributed by atoms with Crippen LogP contribution in [0.3, 0.4) is 0 Å². The summed E-state index contributed by atoms with van der Waals surface area (Å²) in [5.74, 6) is 0.875. The van der Waals surface area contributed by atoms with Crippen LogP contribution in [0.2, 0.25) is 0 Å². The lowest BCUT2D eigenvalue weighted by Crippen LogP contribution is -2.46. The summed E-state index contributed by atoms with van der Waals surface area (Å²) in [7, 11) is 2.88. The van der Waals surface area contributed by atoms with E-state index < -0.39 is 12.0 Å². The second kappa shape index (κ2) is 9.52. The number of anilines is 1. The Balaban J connectivity index is 2.02. The van der Waals surface area contributed by atoms with E-state index in [0.717, 1.165) is 11.3 Å². The van der Waals surface area contributed by atoms with Gasteiger partial charge in [-0.05, 0) is 48.4 Å². The summed E-state index contributed by atoms with van der Waals surface area (Å²) in [5, 5.41) is 3.19. The molecule has 7 heteroatoms. The molecule has 2 aromatic carbocycles. The third-order valence-electron chi connectivity index (χ3n) is 4.75. The summed E-state index contributed by atoms with van der Waals surface area (Å²) in [6.45, 7) is 0. The molecule has 29 heavy (non-hydrogen) atoms. The van der Waals surface area contributed by atoms with Crippen LogP contribution in [0.15, 0.2) is 60.4 Å². The summed E-state index contributed by atoms with van der Waals surface area (Å²) in [6.07, 6.45) is 3.01. The molecule has 1 aliphatic rings. The van der Waals surface area contributed by atoms with Crippen LogP contribution in [0.5, 0.6) is 5.75 Å². The maximum Gasteiger partial charge on any atom is 0.328 e. The second-order valence-electron chi connectivity index (χ2n) is 6.50. The van der Waals surface area contributed by atoms with E-state index in [0.29, 0.717) is 35.7 Å². The first-order valence-electron chi connectivity index (χ1n) is 9.31. The van der Waals surface area contributed by atoms with Crippen molar-refractivity contribution in [3.8, 4) is 5.75 Å². The molecule has 0 aliphatic carbocycles. The number of amides is 1. The van der Waals surface area contributed by atoms with E-state index in [1.54, 1.807) is 23.1 Å². The maximum atomic E-state index is 13.6. The van der Waals surface area contributed by atoms with Gasteiger partial charge in [-0.1, -0.05) is 30.3 Å². The molecule has 0 unspecified atom stereocenters. The quantitative estimate of drug-likeness (QED) is 0.540. The van der Waals surface area contributed by atoms with Gasteiger partial charge in [0.25, 0.3) is 5.91 Å². The molecule has 6 nitrogen and oxygen atoms in total. The number of ether oxygens (including phenoxy) is 2. The van der Waals surface area contributed by atoms with E-state index in [4.69, 9.17) is 9.47 Å². The fourth-order valence-electron chi connectivity index (χ4n) is 3.31. The number of thiol groups is 1. The molecule has 152 valence electrons. The van der Waals surface area contributed by atoms with Gasteiger partial charge < -0.3 is 14.8 Å². The first kappa shape index (κ1) is 20.8. The van der Waals surface area contributed by atoms with E-state index in [9.17, 15) is 9.59 Å². The molecule has 0 saturated heterocycles. The lowest BCUT2D eigenvalue weighted by molar-refractivity contribution is -0.142. The summed E-state index contributed by atoms with van der Waals surface area (Å²) < 4.78 is 10.3. The maximum absolute atomic E-state index is 13.6. The minimum Gasteiger partial charge on any atom is -0.496 e. The average Bonchev–Trinajstić information content (AvgIpc) is 2.77. The standard InChI is InChI=1S/C22H24N2O4S/c1-27-19-10-6-4-8-16(19)21(25)24-18-9-5-3-7-15(18)11-12-20(24)23-17(13-14-29)22(26)28-2/h3-10,12,17,23,29H,11,13-14H2,1-2H3/t17-/m0/s1. The molecule has 1 N–H and O–H groups in total. The van der Waals surface area contributed by atoms with E-state index in [1.807, 2.05) is 36.4 Å². The van der Waals surface area contributed by atoms with Crippen molar-refractivity contribution in [1.82, 2.24) is 5.32 Å². The van der Waals surface area contributed by atoms with Crippen LogP contribution in [-0.2, 0) is 16.0 Å². The molecule has 1 atom stereocenters. The Kier molecular flexibility index (Phi) is 6.82. The summed E-state index contributed by atoms with van der Waals surface area (Å²) in [4.78, 5) is 27.4. The van der Waals surface area contributed by atoms with Crippen molar-refractivity contribution >= 4 is 30.2 Å². The van der Waals surface area contributed by atoms with Crippen molar-refractivity contribution in [1.29, 1.82) is 0 Å². The largest absolute Gasteiger partial charge is 0.496 e. The third kappa shape index (κ3) is 4.40. The van der Waals surface area contributed by atoms with Crippen molar-refractivity contribution in [3.63, 3.8) is 0 Å². The molecule has 0 saturated carbocycles. The van der Waals surface area contributed by atoms with Gasteiger partial charge in [-0.3, -0.25) is 9.69 Å². The molecule has 0 spiro atoms. The fourth-order valence-corrected chi connectivity index (χ4v) is 3.57. The number of hydrogen-bond acceptors (Lipinski definition) is 6. The van der Waals surface area contributed by atoms with Crippen LogP contribution in [0.4, 0.5) is 5.69 Å². The molecular weight excluding hydrogens is 388 g/mol. The molecular formula is C22H24N2O4S. The van der Waals surface area contributed by atoms with Crippen molar-refractivity contribution in [2.45, 2.75) is 18.9 Å². The third-order valence-corrected chi connectivity index (χ3v) is 5.01. The van der Waals surface area contributed by atoms with Crippen LogP contribution < -0.4 is 15.0 Å². The number of nitrogens with one attached hydrogen (secondary N) is 1. The van der Waals surface area contributed by atoms with E-state index in [2.05, 4.69) is 17.9 Å². The minimum absolute atomic E-state index is 0.247. The minimum atomic E-state index is -0.609. The first-order valence-corrected chi connectivity index (χ1v) is 9.94. The van der Waals surface area contributed by atoms with Crippen LogP contribution >= 0.6 is 12.6 Å². The summed E-state index contributed by atoms with van der Waals surface area (Å²) in [6, 6.07) is 14.2. The van der Waals surface area contributed by atoms with Gasteiger partial charge in [-0.25, -0.2) is 4.79 Å². The Morgan fingerprint density at radius 1 is 1.14 bits per heavy atom. The van der Waals surface area contributed by atoms with Crippen molar-refractivity contribution in [3.05, 3.63) is 71.6 Å². The molecule has 3 rings (SSSR count). The second-order valence-corrected chi connectivity index (χ2v) is 6.94. The Bertz CT molecular complexity index is 929. The smallest absolute Gasteiger partial charge is 0.328 e. The number of allylic oxidation sites excluding steroid dienone is 1. The van der Waals surface area contributed by atoms with Crippen molar-refractivity contribution in [2.24, 2.45) is 0 Å². The first-order chi connectivity index (χ1) is 14.1. The highest BCUT2D eigenvalue weighted by molar-refractivity contribution is 7.80. The lowest BCUT2D eigenvalue weighted by Gasteiger charge is -2.33. The van der Waals surface area contributed by atoms with Gasteiger partial charge in [0.15, 0.2) is 0 Å². The van der Waals surface area contributed by atoms with Gasteiger partial charge in [0, 0.05) is 0 Å². The normalized spacial score (nSPS) is 13.8. The number of carbonyl (C=O) groups excluding carboxylic acids is 2. The number of esters is 1. The zero-order valence-electron chi connectivity index (χ0n) is 16.4. The number of hydrogen-bond donors (Lipinski definition) is 2. The number of nitrogens with zero attached hydrogens (tertiary/aromatic N) is 1. The number of para-hydroxylation sites is 2. The number of rotatable bonds is 7. The molecule has 0 aromatic heterocycles. The predicted octanol–water partition coefficient (Wildman–Crippen LogP) is 3.19. The van der Waals surface area contributed by atoms with Gasteiger partial charge in [0.2, 0.25) is 0 Å². The van der Waals surface area contributed by atoms with E-state index in [-0.39, 0.29) is 5.91 Å². The van der Waals surface area contributed by atoms with E-state index >= 15 is 0 Å². The van der Waals surface area contributed by atoms with Crippen molar-refractivity contribution < 1.29 is 19.1 Å². The summed E-state index contributed by atoms with van der Waals surface area (Å²) in [5.41, 5.74) is 2.22. The number of methoxy groups -OCH3 is 2. The van der Waals surface area contributed by atoms with Crippen LogP contribution in [-0.4, -0.2) is 37.9 Å².